The van der Waals surface area contributed by atoms with Crippen LogP contribution in [0.5, 0.6) is 23.0 Å². The van der Waals surface area contributed by atoms with Crippen LogP contribution >= 0.6 is 0 Å². The van der Waals surface area contributed by atoms with E-state index in [4.69, 9.17) is 18.9 Å². The molecule has 0 saturated heterocycles. The summed E-state index contributed by atoms with van der Waals surface area (Å²) in [4.78, 5) is 0. The van der Waals surface area contributed by atoms with Crippen molar-refractivity contribution in [1.82, 2.24) is 0 Å². The van der Waals surface area contributed by atoms with E-state index in [9.17, 15) is 0 Å². The van der Waals surface area contributed by atoms with Gasteiger partial charge in [0.15, 0.2) is 23.0 Å². The topological polar surface area (TPSA) is 36.9 Å². The van der Waals surface area contributed by atoms with E-state index in [1.807, 2.05) is 0 Å². The Morgan fingerprint density at radius 2 is 0.632 bits per heavy atom. The summed E-state index contributed by atoms with van der Waals surface area (Å²) in [5, 5.41) is 0. The normalized spacial score (nSPS) is 10.7. The van der Waals surface area contributed by atoms with Crippen LogP contribution < -0.4 is 18.9 Å². The highest BCUT2D eigenvalue weighted by molar-refractivity contribution is 5.50. The molecule has 0 aliphatic rings. The van der Waals surface area contributed by atoms with Crippen LogP contribution in [-0.2, 0) is 38.5 Å². The molecule has 0 amide bonds. The molecule has 0 heterocycles. The molecule has 38 heavy (non-hydrogen) atoms. The second-order valence-corrected chi connectivity index (χ2v) is 9.42. The number of benzene rings is 4. The first-order chi connectivity index (χ1) is 18.6. The molecular formula is C34H38O4. The van der Waals surface area contributed by atoms with Gasteiger partial charge in [-0.2, -0.15) is 0 Å². The monoisotopic (exact) mass is 510 g/mol. The Kier molecular flexibility index (Phi) is 9.69. The van der Waals surface area contributed by atoms with E-state index in [0.29, 0.717) is 0 Å². The highest BCUT2D eigenvalue weighted by Gasteiger charge is 2.15. The molecule has 4 nitrogen and oxygen atoms in total. The minimum Gasteiger partial charge on any atom is -0.493 e. The minimum atomic E-state index is 0.766. The lowest BCUT2D eigenvalue weighted by atomic mass is 9.92. The van der Waals surface area contributed by atoms with Gasteiger partial charge >= 0.3 is 0 Å². The van der Waals surface area contributed by atoms with Crippen LogP contribution in [0, 0.1) is 0 Å². The fraction of sp³-hybridized carbons (Fsp3) is 0.294. The Labute approximate surface area is 227 Å². The fourth-order valence-electron chi connectivity index (χ4n) is 4.97. The van der Waals surface area contributed by atoms with Crippen LogP contribution in [0.3, 0.4) is 0 Å². The third-order valence-electron chi connectivity index (χ3n) is 7.13. The fourth-order valence-corrected chi connectivity index (χ4v) is 4.97. The van der Waals surface area contributed by atoms with Crippen molar-refractivity contribution in [2.24, 2.45) is 0 Å². The highest BCUT2D eigenvalue weighted by atomic mass is 16.5. The predicted molar refractivity (Wildman–Crippen MR) is 154 cm³/mol. The quantitative estimate of drug-likeness (QED) is 0.193. The standard InChI is InChI=1S/C34H38O4/c1-35-31-21-27(17-15-25-11-7-5-8-12-25)29(23-33(31)37-3)19-20-30-24-34(38-4)32(36-2)22-28(30)18-16-26-13-9-6-10-14-26/h5-14,21-24H,15-20H2,1-4H3. The van der Waals surface area contributed by atoms with Crippen molar-refractivity contribution in [1.29, 1.82) is 0 Å². The molecule has 4 aromatic carbocycles. The third-order valence-corrected chi connectivity index (χ3v) is 7.13. The zero-order chi connectivity index (χ0) is 26.7. The van der Waals surface area contributed by atoms with Crippen LogP contribution in [-0.4, -0.2) is 28.4 Å². The molecule has 4 rings (SSSR count). The summed E-state index contributed by atoms with van der Waals surface area (Å²) in [6.45, 7) is 0. The maximum Gasteiger partial charge on any atom is 0.161 e. The Balaban J connectivity index is 1.61. The maximum absolute atomic E-state index is 5.66. The van der Waals surface area contributed by atoms with E-state index >= 15 is 0 Å². The molecule has 0 bridgehead atoms. The smallest absolute Gasteiger partial charge is 0.161 e. The number of hydrogen-bond acceptors (Lipinski definition) is 4. The summed E-state index contributed by atoms with van der Waals surface area (Å²) >= 11 is 0. The number of hydrogen-bond donors (Lipinski definition) is 0. The van der Waals surface area contributed by atoms with Crippen molar-refractivity contribution in [3.63, 3.8) is 0 Å². The van der Waals surface area contributed by atoms with Crippen LogP contribution in [0.15, 0.2) is 84.9 Å². The van der Waals surface area contributed by atoms with E-state index in [2.05, 4.69) is 84.9 Å². The molecule has 0 N–H and O–H groups in total. The Bertz CT molecular complexity index is 1200. The first-order valence-corrected chi connectivity index (χ1v) is 13.2. The van der Waals surface area contributed by atoms with Gasteiger partial charge in [0, 0.05) is 0 Å². The van der Waals surface area contributed by atoms with Gasteiger partial charge in [-0.3, -0.25) is 0 Å². The largest absolute Gasteiger partial charge is 0.493 e. The molecule has 0 fully saturated rings. The molecule has 0 aromatic heterocycles. The van der Waals surface area contributed by atoms with Crippen molar-refractivity contribution >= 4 is 0 Å². The van der Waals surface area contributed by atoms with E-state index in [0.717, 1.165) is 61.5 Å². The second-order valence-electron chi connectivity index (χ2n) is 9.42. The number of rotatable bonds is 13. The van der Waals surface area contributed by atoms with Crippen molar-refractivity contribution in [2.45, 2.75) is 38.5 Å². The maximum atomic E-state index is 5.66. The molecule has 0 aliphatic carbocycles. The van der Waals surface area contributed by atoms with Crippen LogP contribution in [0.4, 0.5) is 0 Å². The van der Waals surface area contributed by atoms with Gasteiger partial charge < -0.3 is 18.9 Å². The Morgan fingerprint density at radius 3 is 0.895 bits per heavy atom. The molecule has 0 aliphatic heterocycles. The van der Waals surface area contributed by atoms with Crippen molar-refractivity contribution in [3.05, 3.63) is 118 Å². The minimum absolute atomic E-state index is 0.766. The lowest BCUT2D eigenvalue weighted by Gasteiger charge is -2.18. The van der Waals surface area contributed by atoms with Crippen LogP contribution in [0.1, 0.15) is 33.4 Å². The molecule has 0 atom stereocenters. The van der Waals surface area contributed by atoms with Gasteiger partial charge in [0.25, 0.3) is 0 Å². The van der Waals surface area contributed by atoms with E-state index < -0.39 is 0 Å². The second kappa shape index (κ2) is 13.6. The van der Waals surface area contributed by atoms with Gasteiger partial charge in [-0.25, -0.2) is 0 Å². The molecule has 0 radical (unpaired) electrons. The lowest BCUT2D eigenvalue weighted by molar-refractivity contribution is 0.353. The Morgan fingerprint density at radius 1 is 0.368 bits per heavy atom. The zero-order valence-electron chi connectivity index (χ0n) is 23.0. The molecule has 4 aromatic rings. The van der Waals surface area contributed by atoms with E-state index in [1.54, 1.807) is 28.4 Å². The third kappa shape index (κ3) is 6.89. The highest BCUT2D eigenvalue weighted by Crippen LogP contribution is 2.34. The summed E-state index contributed by atoms with van der Waals surface area (Å²) < 4.78 is 22.6. The number of aryl methyl sites for hydroxylation is 6. The summed E-state index contributed by atoms with van der Waals surface area (Å²) in [6, 6.07) is 29.8. The van der Waals surface area contributed by atoms with Gasteiger partial charge in [0.2, 0.25) is 0 Å². The lowest BCUT2D eigenvalue weighted by Crippen LogP contribution is -2.05. The van der Waals surface area contributed by atoms with E-state index in [1.165, 1.54) is 33.4 Å². The molecular weight excluding hydrogens is 472 g/mol. The van der Waals surface area contributed by atoms with Gasteiger partial charge in [0.1, 0.15) is 0 Å². The van der Waals surface area contributed by atoms with Crippen molar-refractivity contribution in [3.8, 4) is 23.0 Å². The zero-order valence-corrected chi connectivity index (χ0v) is 23.0. The van der Waals surface area contributed by atoms with Crippen LogP contribution in [0.2, 0.25) is 0 Å². The first kappa shape index (κ1) is 27.1. The van der Waals surface area contributed by atoms with Crippen LogP contribution in [0.25, 0.3) is 0 Å². The van der Waals surface area contributed by atoms with Gasteiger partial charge in [-0.15, -0.1) is 0 Å². The average Bonchev–Trinajstić information content (AvgIpc) is 2.98. The van der Waals surface area contributed by atoms with Crippen molar-refractivity contribution in [2.75, 3.05) is 28.4 Å². The van der Waals surface area contributed by atoms with Crippen molar-refractivity contribution < 1.29 is 18.9 Å². The summed E-state index contributed by atoms with van der Waals surface area (Å²) in [5.41, 5.74) is 7.80. The molecule has 0 saturated carbocycles. The molecule has 0 unspecified atom stereocenters. The van der Waals surface area contributed by atoms with E-state index in [-0.39, 0.29) is 0 Å². The number of methoxy groups -OCH3 is 4. The summed E-state index contributed by atoms with van der Waals surface area (Å²) in [7, 11) is 6.78. The molecule has 0 spiro atoms. The Hall–Kier alpha value is -3.92. The van der Waals surface area contributed by atoms with Gasteiger partial charge in [-0.1, -0.05) is 60.7 Å². The average molecular weight is 511 g/mol. The first-order valence-electron chi connectivity index (χ1n) is 13.2. The predicted octanol–water partition coefficient (Wildman–Crippen LogP) is 7.08. The molecule has 4 heteroatoms. The number of ether oxygens (including phenoxy) is 4. The molecule has 198 valence electrons. The van der Waals surface area contributed by atoms with Gasteiger partial charge in [0.05, 0.1) is 28.4 Å². The SMILES string of the molecule is COc1cc(CCc2ccccc2)c(CCc2cc(OC)c(OC)cc2CCc2ccccc2)cc1OC. The van der Waals surface area contributed by atoms with Gasteiger partial charge in [-0.05, 0) is 96.2 Å². The summed E-state index contributed by atoms with van der Waals surface area (Å²) in [6.07, 6.45) is 5.60. The summed E-state index contributed by atoms with van der Waals surface area (Å²) in [5.74, 6) is 3.08.